The maximum Gasteiger partial charge on any atom is 0.240 e. The summed E-state index contributed by atoms with van der Waals surface area (Å²) in [5, 5.41) is 3.59. The molecule has 0 N–H and O–H groups in total. The summed E-state index contributed by atoms with van der Waals surface area (Å²) in [5.41, 5.74) is 0.131. The maximum atomic E-state index is 12.3. The third kappa shape index (κ3) is 2.70. The Labute approximate surface area is 66.0 Å². The topological polar surface area (TPSA) is 17.8 Å². The highest BCUT2D eigenvalue weighted by Gasteiger charge is 2.11. The van der Waals surface area contributed by atoms with Gasteiger partial charge in [-0.3, -0.25) is 4.68 Å². The molecule has 0 saturated heterocycles. The second kappa shape index (κ2) is 2.64. The van der Waals surface area contributed by atoms with Crippen molar-refractivity contribution in [3.8, 4) is 0 Å². The first-order valence-corrected chi connectivity index (χ1v) is 3.58. The Balaban J connectivity index is 2.65. The summed E-state index contributed by atoms with van der Waals surface area (Å²) in [6.07, 6.45) is 1.53. The molecule has 3 heteroatoms. The smallest absolute Gasteiger partial charge is 0.240 e. The van der Waals surface area contributed by atoms with Gasteiger partial charge in [0, 0.05) is 12.7 Å². The lowest BCUT2D eigenvalue weighted by molar-refractivity contribution is 0.319. The number of hydrogen-bond donors (Lipinski definition) is 0. The number of hydrogen-bond acceptors (Lipinski definition) is 1. The van der Waals surface area contributed by atoms with Crippen molar-refractivity contribution < 1.29 is 4.39 Å². The Morgan fingerprint density at radius 1 is 1.64 bits per heavy atom. The molecule has 11 heavy (non-hydrogen) atoms. The first-order chi connectivity index (χ1) is 4.97. The van der Waals surface area contributed by atoms with E-state index in [4.69, 9.17) is 0 Å². The highest BCUT2D eigenvalue weighted by Crippen LogP contribution is 2.15. The second-order valence-corrected chi connectivity index (χ2v) is 3.82. The molecule has 2 nitrogen and oxygen atoms in total. The molecule has 1 radical (unpaired) electrons. The Morgan fingerprint density at radius 3 is 2.64 bits per heavy atom. The summed E-state index contributed by atoms with van der Waals surface area (Å²) in [7, 11) is 0. The largest absolute Gasteiger partial charge is 0.269 e. The van der Waals surface area contributed by atoms with E-state index in [0.29, 0.717) is 6.54 Å². The molecule has 0 aliphatic carbocycles. The molecule has 0 fully saturated rings. The predicted octanol–water partition coefficient (Wildman–Crippen LogP) is 1.87. The molecule has 1 rings (SSSR count). The van der Waals surface area contributed by atoms with Crippen molar-refractivity contribution in [3.05, 3.63) is 18.2 Å². The van der Waals surface area contributed by atoms with Gasteiger partial charge in [-0.1, -0.05) is 20.8 Å². The zero-order valence-electron chi connectivity index (χ0n) is 7.06. The Bertz CT molecular complexity index is 234. The van der Waals surface area contributed by atoms with E-state index in [0.717, 1.165) is 0 Å². The molecule has 0 spiro atoms. The zero-order chi connectivity index (χ0) is 8.48. The molecule has 0 aliphatic heterocycles. The van der Waals surface area contributed by atoms with Gasteiger partial charge in [0.2, 0.25) is 5.95 Å². The van der Waals surface area contributed by atoms with Crippen LogP contribution in [-0.4, -0.2) is 9.78 Å². The van der Waals surface area contributed by atoms with Crippen molar-refractivity contribution in [1.29, 1.82) is 0 Å². The lowest BCUT2D eigenvalue weighted by atomic mass is 9.97. The van der Waals surface area contributed by atoms with Crippen LogP contribution >= 0.6 is 0 Å². The summed E-state index contributed by atoms with van der Waals surface area (Å²) in [4.78, 5) is 0. The molecule has 0 unspecified atom stereocenters. The van der Waals surface area contributed by atoms with Gasteiger partial charge in [-0.05, 0) is 5.41 Å². The summed E-state index contributed by atoms with van der Waals surface area (Å²) in [6, 6.07) is 2.38. The van der Waals surface area contributed by atoms with Crippen LogP contribution in [0.3, 0.4) is 0 Å². The molecule has 1 heterocycles. The fraction of sp³-hybridized carbons (Fsp3) is 0.625. The van der Waals surface area contributed by atoms with Gasteiger partial charge in [0.05, 0.1) is 6.07 Å². The SMILES string of the molecule is CC(C)(C)Cn1c[c]c(F)n1. The normalized spacial score (nSPS) is 12.0. The van der Waals surface area contributed by atoms with E-state index in [1.54, 1.807) is 4.68 Å². The molecule has 61 valence electrons. The third-order valence-corrected chi connectivity index (χ3v) is 1.19. The van der Waals surface area contributed by atoms with E-state index in [2.05, 4.69) is 31.9 Å². The van der Waals surface area contributed by atoms with Crippen LogP contribution in [0.15, 0.2) is 6.20 Å². The molecule has 0 aliphatic rings. The minimum Gasteiger partial charge on any atom is -0.269 e. The van der Waals surface area contributed by atoms with Crippen molar-refractivity contribution in [1.82, 2.24) is 9.78 Å². The molecular formula is C8H12FN2. The number of halogens is 1. The van der Waals surface area contributed by atoms with Crippen LogP contribution in [0.1, 0.15) is 20.8 Å². The Morgan fingerprint density at radius 2 is 2.27 bits per heavy atom. The first kappa shape index (κ1) is 8.24. The predicted molar refractivity (Wildman–Crippen MR) is 40.5 cm³/mol. The van der Waals surface area contributed by atoms with Gasteiger partial charge in [-0.2, -0.15) is 4.39 Å². The highest BCUT2D eigenvalue weighted by molar-refractivity contribution is 4.80. The number of rotatable bonds is 1. The van der Waals surface area contributed by atoms with Crippen LogP contribution in [-0.2, 0) is 6.54 Å². The Kier molecular flexibility index (Phi) is 1.98. The van der Waals surface area contributed by atoms with E-state index in [1.807, 2.05) is 0 Å². The molecule has 0 bridgehead atoms. The van der Waals surface area contributed by atoms with Gasteiger partial charge in [0.25, 0.3) is 0 Å². The van der Waals surface area contributed by atoms with Gasteiger partial charge in [-0.15, -0.1) is 5.10 Å². The minimum atomic E-state index is -0.533. The van der Waals surface area contributed by atoms with Crippen LogP contribution < -0.4 is 0 Å². The third-order valence-electron chi connectivity index (χ3n) is 1.19. The molecular weight excluding hydrogens is 143 g/mol. The quantitative estimate of drug-likeness (QED) is 0.605. The minimum absolute atomic E-state index is 0.131. The average molecular weight is 155 g/mol. The summed E-state index contributed by atoms with van der Waals surface area (Å²) in [5.74, 6) is -0.533. The monoisotopic (exact) mass is 155 g/mol. The fourth-order valence-electron chi connectivity index (χ4n) is 0.865. The number of nitrogens with zero attached hydrogens (tertiary/aromatic N) is 2. The van der Waals surface area contributed by atoms with Gasteiger partial charge in [0.1, 0.15) is 0 Å². The fourth-order valence-corrected chi connectivity index (χ4v) is 0.865. The van der Waals surface area contributed by atoms with Crippen molar-refractivity contribution in [3.63, 3.8) is 0 Å². The summed E-state index contributed by atoms with van der Waals surface area (Å²) < 4.78 is 13.9. The van der Waals surface area contributed by atoms with Crippen LogP contribution in [0.25, 0.3) is 0 Å². The molecule has 1 aromatic rings. The van der Waals surface area contributed by atoms with Crippen LogP contribution in [0.2, 0.25) is 0 Å². The molecule has 0 atom stereocenters. The van der Waals surface area contributed by atoms with Crippen molar-refractivity contribution >= 4 is 0 Å². The second-order valence-electron chi connectivity index (χ2n) is 3.82. The lowest BCUT2D eigenvalue weighted by Crippen LogP contribution is -2.15. The van der Waals surface area contributed by atoms with Crippen LogP contribution in [0.4, 0.5) is 4.39 Å². The van der Waals surface area contributed by atoms with Crippen LogP contribution in [0, 0.1) is 17.4 Å². The van der Waals surface area contributed by atoms with Crippen molar-refractivity contribution in [2.45, 2.75) is 27.3 Å². The molecule has 1 aromatic heterocycles. The molecule has 0 aromatic carbocycles. The van der Waals surface area contributed by atoms with Gasteiger partial charge < -0.3 is 0 Å². The van der Waals surface area contributed by atoms with E-state index in [1.165, 1.54) is 6.20 Å². The zero-order valence-corrected chi connectivity index (χ0v) is 7.06. The van der Waals surface area contributed by atoms with Gasteiger partial charge in [-0.25, -0.2) is 0 Å². The van der Waals surface area contributed by atoms with Gasteiger partial charge >= 0.3 is 0 Å². The number of aromatic nitrogens is 2. The molecule has 0 saturated carbocycles. The standard InChI is InChI=1S/C8H12FN2/c1-8(2,3)6-11-5-4-7(9)10-11/h5H,6H2,1-3H3. The Hall–Kier alpha value is -0.860. The summed E-state index contributed by atoms with van der Waals surface area (Å²) in [6.45, 7) is 6.94. The highest BCUT2D eigenvalue weighted by atomic mass is 19.1. The van der Waals surface area contributed by atoms with E-state index < -0.39 is 5.95 Å². The van der Waals surface area contributed by atoms with E-state index in [9.17, 15) is 4.39 Å². The summed E-state index contributed by atoms with van der Waals surface area (Å²) >= 11 is 0. The van der Waals surface area contributed by atoms with E-state index in [-0.39, 0.29) is 5.41 Å². The van der Waals surface area contributed by atoms with Crippen LogP contribution in [0.5, 0.6) is 0 Å². The van der Waals surface area contributed by atoms with E-state index >= 15 is 0 Å². The van der Waals surface area contributed by atoms with Crippen molar-refractivity contribution in [2.24, 2.45) is 5.41 Å². The van der Waals surface area contributed by atoms with Gasteiger partial charge in [0.15, 0.2) is 0 Å². The van der Waals surface area contributed by atoms with Crippen molar-refractivity contribution in [2.75, 3.05) is 0 Å². The lowest BCUT2D eigenvalue weighted by Gasteiger charge is -2.17. The first-order valence-electron chi connectivity index (χ1n) is 3.58. The maximum absolute atomic E-state index is 12.3. The molecule has 0 amide bonds. The average Bonchev–Trinajstić information content (AvgIpc) is 2.10.